The highest BCUT2D eigenvalue weighted by molar-refractivity contribution is 7.09. The summed E-state index contributed by atoms with van der Waals surface area (Å²) in [7, 11) is 0. The van der Waals surface area contributed by atoms with Gasteiger partial charge in [-0.2, -0.15) is 4.98 Å². The third-order valence-electron chi connectivity index (χ3n) is 2.83. The standard InChI is InChI=1S/C10H12N4OS/c1-5-2-6(5)9-13-10(15-14-9)7-4-16-8(3-11)12-7/h4-6H,2-3,11H2,1H3. The number of rotatable bonds is 3. The Kier molecular flexibility index (Phi) is 2.26. The zero-order valence-electron chi connectivity index (χ0n) is 8.88. The zero-order valence-corrected chi connectivity index (χ0v) is 9.70. The Labute approximate surface area is 96.7 Å². The van der Waals surface area contributed by atoms with Crippen LogP contribution in [0.1, 0.15) is 30.1 Å². The largest absolute Gasteiger partial charge is 0.332 e. The van der Waals surface area contributed by atoms with Crippen molar-refractivity contribution in [3.05, 3.63) is 16.2 Å². The Morgan fingerprint density at radius 3 is 3.00 bits per heavy atom. The van der Waals surface area contributed by atoms with Gasteiger partial charge in [0.15, 0.2) is 5.82 Å². The maximum atomic E-state index is 5.50. The molecule has 84 valence electrons. The molecule has 2 heterocycles. The highest BCUT2D eigenvalue weighted by atomic mass is 32.1. The molecule has 3 rings (SSSR count). The van der Waals surface area contributed by atoms with Crippen molar-refractivity contribution in [2.24, 2.45) is 11.7 Å². The molecule has 0 aliphatic heterocycles. The predicted octanol–water partition coefficient (Wildman–Crippen LogP) is 1.78. The third-order valence-corrected chi connectivity index (χ3v) is 3.70. The summed E-state index contributed by atoms with van der Waals surface area (Å²) in [6.45, 7) is 2.64. The summed E-state index contributed by atoms with van der Waals surface area (Å²) in [6.07, 6.45) is 1.16. The molecule has 1 aliphatic carbocycles. The summed E-state index contributed by atoms with van der Waals surface area (Å²) in [5, 5.41) is 6.77. The predicted molar refractivity (Wildman–Crippen MR) is 59.8 cm³/mol. The Balaban J connectivity index is 1.86. The molecule has 2 atom stereocenters. The van der Waals surface area contributed by atoms with Crippen molar-refractivity contribution < 1.29 is 4.52 Å². The number of nitrogens with two attached hydrogens (primary N) is 1. The van der Waals surface area contributed by atoms with E-state index in [1.807, 2.05) is 5.38 Å². The lowest BCUT2D eigenvalue weighted by Crippen LogP contribution is -1.94. The summed E-state index contributed by atoms with van der Waals surface area (Å²) in [6, 6.07) is 0. The van der Waals surface area contributed by atoms with Gasteiger partial charge >= 0.3 is 0 Å². The van der Waals surface area contributed by atoms with Gasteiger partial charge in [-0.1, -0.05) is 12.1 Å². The molecule has 6 heteroatoms. The van der Waals surface area contributed by atoms with E-state index in [-0.39, 0.29) is 0 Å². The lowest BCUT2D eigenvalue weighted by molar-refractivity contribution is 0.421. The van der Waals surface area contributed by atoms with Gasteiger partial charge in [0.1, 0.15) is 10.7 Å². The van der Waals surface area contributed by atoms with Gasteiger partial charge in [0, 0.05) is 17.8 Å². The lowest BCUT2D eigenvalue weighted by Gasteiger charge is -1.85. The second kappa shape index (κ2) is 3.64. The van der Waals surface area contributed by atoms with E-state index >= 15 is 0 Å². The first-order valence-electron chi connectivity index (χ1n) is 5.26. The average molecular weight is 236 g/mol. The van der Waals surface area contributed by atoms with E-state index in [4.69, 9.17) is 10.3 Å². The van der Waals surface area contributed by atoms with Gasteiger partial charge in [-0.25, -0.2) is 4.98 Å². The highest BCUT2D eigenvalue weighted by Gasteiger charge is 2.38. The first-order valence-corrected chi connectivity index (χ1v) is 6.14. The number of hydrogen-bond acceptors (Lipinski definition) is 6. The van der Waals surface area contributed by atoms with E-state index in [9.17, 15) is 0 Å². The molecule has 0 bridgehead atoms. The van der Waals surface area contributed by atoms with Crippen molar-refractivity contribution in [2.75, 3.05) is 0 Å². The number of aromatic nitrogens is 3. The Bertz CT molecular complexity index is 506. The average Bonchev–Trinajstić information content (AvgIpc) is 2.80. The first-order chi connectivity index (χ1) is 7.78. The molecular formula is C10H12N4OS. The summed E-state index contributed by atoms with van der Waals surface area (Å²) in [5.41, 5.74) is 6.24. The number of nitrogens with zero attached hydrogens (tertiary/aromatic N) is 3. The summed E-state index contributed by atoms with van der Waals surface area (Å²) in [4.78, 5) is 8.67. The van der Waals surface area contributed by atoms with Crippen LogP contribution in [0.25, 0.3) is 11.6 Å². The van der Waals surface area contributed by atoms with Crippen LogP contribution in [0, 0.1) is 5.92 Å². The summed E-state index contributed by atoms with van der Waals surface area (Å²) >= 11 is 1.51. The van der Waals surface area contributed by atoms with Crippen LogP contribution in [0.3, 0.4) is 0 Å². The minimum atomic E-state index is 0.450. The zero-order chi connectivity index (χ0) is 11.1. The molecule has 0 radical (unpaired) electrons. The highest BCUT2D eigenvalue weighted by Crippen LogP contribution is 2.45. The van der Waals surface area contributed by atoms with E-state index < -0.39 is 0 Å². The van der Waals surface area contributed by atoms with Crippen molar-refractivity contribution in [1.82, 2.24) is 15.1 Å². The third kappa shape index (κ3) is 1.64. The second-order valence-corrected chi connectivity index (χ2v) is 5.05. The second-order valence-electron chi connectivity index (χ2n) is 4.11. The van der Waals surface area contributed by atoms with Gasteiger partial charge in [0.05, 0.1) is 0 Å². The molecule has 0 spiro atoms. The molecular weight excluding hydrogens is 224 g/mol. The van der Waals surface area contributed by atoms with Crippen molar-refractivity contribution >= 4 is 11.3 Å². The molecule has 16 heavy (non-hydrogen) atoms. The quantitative estimate of drug-likeness (QED) is 0.878. The maximum absolute atomic E-state index is 5.50. The number of hydrogen-bond donors (Lipinski definition) is 1. The van der Waals surface area contributed by atoms with Crippen LogP contribution in [0.4, 0.5) is 0 Å². The van der Waals surface area contributed by atoms with Crippen LogP contribution < -0.4 is 5.73 Å². The first kappa shape index (κ1) is 9.92. The van der Waals surface area contributed by atoms with Gasteiger partial charge in [-0.3, -0.25) is 0 Å². The smallest absolute Gasteiger partial charge is 0.277 e. The van der Waals surface area contributed by atoms with Gasteiger partial charge in [0.25, 0.3) is 5.89 Å². The maximum Gasteiger partial charge on any atom is 0.277 e. The SMILES string of the molecule is CC1CC1c1noc(-c2csc(CN)n2)n1. The van der Waals surface area contributed by atoms with E-state index in [0.29, 0.717) is 24.3 Å². The van der Waals surface area contributed by atoms with Crippen LogP contribution in [-0.4, -0.2) is 15.1 Å². The van der Waals surface area contributed by atoms with Gasteiger partial charge < -0.3 is 10.3 Å². The molecule has 2 unspecified atom stereocenters. The van der Waals surface area contributed by atoms with Crippen LogP contribution >= 0.6 is 11.3 Å². The summed E-state index contributed by atoms with van der Waals surface area (Å²) in [5.74, 6) is 2.47. The Morgan fingerprint density at radius 1 is 1.56 bits per heavy atom. The molecule has 1 aliphatic rings. The summed E-state index contributed by atoms with van der Waals surface area (Å²) < 4.78 is 5.20. The van der Waals surface area contributed by atoms with Crippen molar-refractivity contribution in [1.29, 1.82) is 0 Å². The molecule has 0 saturated heterocycles. The van der Waals surface area contributed by atoms with Crippen LogP contribution in [0.15, 0.2) is 9.90 Å². The molecule has 0 amide bonds. The van der Waals surface area contributed by atoms with E-state index in [1.165, 1.54) is 11.3 Å². The minimum absolute atomic E-state index is 0.450. The fraction of sp³-hybridized carbons (Fsp3) is 0.500. The topological polar surface area (TPSA) is 77.8 Å². The molecule has 2 aromatic rings. The monoisotopic (exact) mass is 236 g/mol. The fourth-order valence-electron chi connectivity index (χ4n) is 1.67. The van der Waals surface area contributed by atoms with Crippen molar-refractivity contribution in [3.63, 3.8) is 0 Å². The van der Waals surface area contributed by atoms with Crippen LogP contribution in [-0.2, 0) is 6.54 Å². The molecule has 5 nitrogen and oxygen atoms in total. The molecule has 2 aromatic heterocycles. The van der Waals surface area contributed by atoms with E-state index in [1.54, 1.807) is 0 Å². The molecule has 1 saturated carbocycles. The van der Waals surface area contributed by atoms with Crippen LogP contribution in [0.5, 0.6) is 0 Å². The van der Waals surface area contributed by atoms with Crippen LogP contribution in [0.2, 0.25) is 0 Å². The number of thiazole rings is 1. The lowest BCUT2D eigenvalue weighted by atomic mass is 10.3. The van der Waals surface area contributed by atoms with Gasteiger partial charge in [-0.05, 0) is 12.3 Å². The van der Waals surface area contributed by atoms with E-state index in [2.05, 4.69) is 22.0 Å². The fourth-order valence-corrected chi connectivity index (χ4v) is 2.32. The normalized spacial score (nSPS) is 23.6. The van der Waals surface area contributed by atoms with Gasteiger partial charge in [-0.15, -0.1) is 11.3 Å². The van der Waals surface area contributed by atoms with Gasteiger partial charge in [0.2, 0.25) is 0 Å². The van der Waals surface area contributed by atoms with Crippen molar-refractivity contribution in [3.8, 4) is 11.6 Å². The Morgan fingerprint density at radius 2 is 2.38 bits per heavy atom. The molecule has 0 aromatic carbocycles. The van der Waals surface area contributed by atoms with E-state index in [0.717, 1.165) is 22.9 Å². The Hall–Kier alpha value is -1.27. The molecule has 1 fully saturated rings. The minimum Gasteiger partial charge on any atom is -0.332 e. The van der Waals surface area contributed by atoms with Crippen molar-refractivity contribution in [2.45, 2.75) is 25.8 Å². The molecule has 2 N–H and O–H groups in total.